The highest BCUT2D eigenvalue weighted by Gasteiger charge is 2.15. The number of nitrogens with zero attached hydrogens (tertiary/aromatic N) is 1. The van der Waals surface area contributed by atoms with Gasteiger partial charge in [-0.05, 0) is 44.2 Å². The van der Waals surface area contributed by atoms with E-state index in [1.807, 2.05) is 0 Å². The maximum atomic E-state index is 13.0. The van der Waals surface area contributed by atoms with Crippen molar-refractivity contribution in [3.8, 4) is 0 Å². The molecule has 1 aromatic rings. The molecule has 0 heterocycles. The van der Waals surface area contributed by atoms with Crippen LogP contribution in [0.3, 0.4) is 0 Å². The average molecular weight is 332 g/mol. The summed E-state index contributed by atoms with van der Waals surface area (Å²) in [6.07, 6.45) is 2.81. The lowest BCUT2D eigenvalue weighted by molar-refractivity contribution is 0.626. The molecule has 1 aromatic carbocycles. The van der Waals surface area contributed by atoms with E-state index in [0.717, 1.165) is 18.1 Å². The highest BCUT2D eigenvalue weighted by molar-refractivity contribution is 7.99. The standard InChI is InChI=1S/C15H23ClFN3S/c1-15(2,21-4)10-20-14(18-3)19-8-7-11-5-6-12(17)9-13(11)16/h5-6,9H,7-8,10H2,1-4H3,(H2,18,19,20). The molecule has 21 heavy (non-hydrogen) atoms. The molecule has 118 valence electrons. The fourth-order valence-electron chi connectivity index (χ4n) is 1.63. The zero-order valence-electron chi connectivity index (χ0n) is 13.0. The van der Waals surface area contributed by atoms with E-state index in [0.29, 0.717) is 18.0 Å². The Morgan fingerprint density at radius 3 is 2.67 bits per heavy atom. The summed E-state index contributed by atoms with van der Waals surface area (Å²) in [6.45, 7) is 5.86. The third-order valence-electron chi connectivity index (χ3n) is 3.16. The number of rotatable bonds is 6. The van der Waals surface area contributed by atoms with Gasteiger partial charge < -0.3 is 10.6 Å². The Kier molecular flexibility index (Phi) is 7.32. The second kappa shape index (κ2) is 8.49. The Morgan fingerprint density at radius 1 is 1.38 bits per heavy atom. The molecule has 0 saturated carbocycles. The minimum Gasteiger partial charge on any atom is -0.356 e. The Bertz CT molecular complexity index is 492. The van der Waals surface area contributed by atoms with Gasteiger partial charge in [-0.25, -0.2) is 4.39 Å². The van der Waals surface area contributed by atoms with Gasteiger partial charge in [-0.3, -0.25) is 4.99 Å². The Morgan fingerprint density at radius 2 is 2.10 bits per heavy atom. The minimum absolute atomic E-state index is 0.151. The normalized spacial score (nSPS) is 12.4. The molecule has 0 fully saturated rings. The summed E-state index contributed by atoms with van der Waals surface area (Å²) in [6, 6.07) is 4.48. The zero-order valence-corrected chi connectivity index (χ0v) is 14.5. The summed E-state index contributed by atoms with van der Waals surface area (Å²) in [4.78, 5) is 4.19. The predicted molar refractivity (Wildman–Crippen MR) is 92.1 cm³/mol. The van der Waals surface area contributed by atoms with E-state index in [1.165, 1.54) is 12.1 Å². The van der Waals surface area contributed by atoms with Gasteiger partial charge in [0.15, 0.2) is 5.96 Å². The van der Waals surface area contributed by atoms with Crippen LogP contribution in [0.1, 0.15) is 19.4 Å². The molecule has 0 aliphatic carbocycles. The maximum absolute atomic E-state index is 13.0. The smallest absolute Gasteiger partial charge is 0.191 e. The van der Waals surface area contributed by atoms with Crippen LogP contribution in [0.2, 0.25) is 5.02 Å². The van der Waals surface area contributed by atoms with Crippen molar-refractivity contribution >= 4 is 29.3 Å². The first kappa shape index (κ1) is 18.1. The predicted octanol–water partition coefficient (Wildman–Crippen LogP) is 3.33. The van der Waals surface area contributed by atoms with Crippen molar-refractivity contribution in [1.82, 2.24) is 10.6 Å². The Hall–Kier alpha value is -0.940. The number of guanidine groups is 1. The molecule has 0 saturated heterocycles. The zero-order chi connectivity index (χ0) is 15.9. The van der Waals surface area contributed by atoms with Gasteiger partial charge in [-0.2, -0.15) is 11.8 Å². The van der Waals surface area contributed by atoms with E-state index < -0.39 is 0 Å². The van der Waals surface area contributed by atoms with Gasteiger partial charge >= 0.3 is 0 Å². The number of halogens is 2. The van der Waals surface area contributed by atoms with Gasteiger partial charge in [-0.1, -0.05) is 17.7 Å². The number of aliphatic imine (C=N–C) groups is 1. The number of hydrogen-bond donors (Lipinski definition) is 2. The van der Waals surface area contributed by atoms with Gasteiger partial charge in [0.2, 0.25) is 0 Å². The molecule has 0 amide bonds. The first-order chi connectivity index (χ1) is 9.88. The Labute approximate surface area is 135 Å². The number of hydrogen-bond acceptors (Lipinski definition) is 2. The molecular formula is C15H23ClFN3S. The third kappa shape index (κ3) is 6.57. The Balaban J connectivity index is 2.42. The quantitative estimate of drug-likeness (QED) is 0.620. The number of benzene rings is 1. The molecule has 0 unspecified atom stereocenters. The fourth-order valence-corrected chi connectivity index (χ4v) is 2.11. The second-order valence-electron chi connectivity index (χ2n) is 5.30. The SMILES string of the molecule is CN=C(NCCc1ccc(F)cc1Cl)NCC(C)(C)SC. The van der Waals surface area contributed by atoms with Crippen LogP contribution in [0.25, 0.3) is 0 Å². The summed E-state index contributed by atoms with van der Waals surface area (Å²) >= 11 is 7.81. The van der Waals surface area contributed by atoms with Crippen molar-refractivity contribution in [2.45, 2.75) is 25.0 Å². The van der Waals surface area contributed by atoms with E-state index in [9.17, 15) is 4.39 Å². The lowest BCUT2D eigenvalue weighted by Crippen LogP contribution is -2.43. The largest absolute Gasteiger partial charge is 0.356 e. The molecule has 6 heteroatoms. The summed E-state index contributed by atoms with van der Waals surface area (Å²) in [5.74, 6) is 0.448. The van der Waals surface area contributed by atoms with Gasteiger partial charge in [0.1, 0.15) is 5.82 Å². The lowest BCUT2D eigenvalue weighted by Gasteiger charge is -2.23. The third-order valence-corrected chi connectivity index (χ3v) is 4.76. The number of nitrogens with one attached hydrogen (secondary N) is 2. The van der Waals surface area contributed by atoms with Crippen molar-refractivity contribution < 1.29 is 4.39 Å². The highest BCUT2D eigenvalue weighted by atomic mass is 35.5. The fraction of sp³-hybridized carbons (Fsp3) is 0.533. The van der Waals surface area contributed by atoms with Crippen LogP contribution in [0, 0.1) is 5.82 Å². The lowest BCUT2D eigenvalue weighted by atomic mass is 10.1. The van der Waals surface area contributed by atoms with Crippen molar-refractivity contribution in [2.75, 3.05) is 26.4 Å². The first-order valence-corrected chi connectivity index (χ1v) is 8.42. The van der Waals surface area contributed by atoms with Crippen LogP contribution < -0.4 is 10.6 Å². The van der Waals surface area contributed by atoms with Gasteiger partial charge in [-0.15, -0.1) is 0 Å². The van der Waals surface area contributed by atoms with E-state index in [4.69, 9.17) is 11.6 Å². The molecule has 0 aliphatic heterocycles. The van der Waals surface area contributed by atoms with E-state index in [2.05, 4.69) is 35.7 Å². The van der Waals surface area contributed by atoms with E-state index >= 15 is 0 Å². The highest BCUT2D eigenvalue weighted by Crippen LogP contribution is 2.19. The van der Waals surface area contributed by atoms with Crippen LogP contribution in [-0.2, 0) is 6.42 Å². The first-order valence-electron chi connectivity index (χ1n) is 6.81. The molecular weight excluding hydrogens is 309 g/mol. The molecule has 0 atom stereocenters. The van der Waals surface area contributed by atoms with Crippen molar-refractivity contribution in [3.05, 3.63) is 34.6 Å². The van der Waals surface area contributed by atoms with E-state index in [-0.39, 0.29) is 10.6 Å². The van der Waals surface area contributed by atoms with Crippen molar-refractivity contribution in [3.63, 3.8) is 0 Å². The summed E-state index contributed by atoms with van der Waals surface area (Å²) in [5, 5.41) is 6.99. The topological polar surface area (TPSA) is 36.4 Å². The molecule has 3 nitrogen and oxygen atoms in total. The molecule has 1 rings (SSSR count). The summed E-state index contributed by atoms with van der Waals surface area (Å²) in [7, 11) is 1.74. The van der Waals surface area contributed by atoms with Crippen molar-refractivity contribution in [2.24, 2.45) is 4.99 Å². The second-order valence-corrected chi connectivity index (χ2v) is 7.22. The van der Waals surface area contributed by atoms with Crippen LogP contribution in [0.15, 0.2) is 23.2 Å². The molecule has 0 aromatic heterocycles. The van der Waals surface area contributed by atoms with Crippen molar-refractivity contribution in [1.29, 1.82) is 0 Å². The summed E-state index contributed by atoms with van der Waals surface area (Å²) in [5.41, 5.74) is 0.922. The molecule has 2 N–H and O–H groups in total. The maximum Gasteiger partial charge on any atom is 0.191 e. The van der Waals surface area contributed by atoms with Gasteiger partial charge in [0.05, 0.1) is 0 Å². The van der Waals surface area contributed by atoms with Crippen LogP contribution in [-0.4, -0.2) is 37.1 Å². The minimum atomic E-state index is -0.312. The molecule has 0 bridgehead atoms. The van der Waals surface area contributed by atoms with E-state index in [1.54, 1.807) is 24.9 Å². The molecule has 0 spiro atoms. The average Bonchev–Trinajstić information content (AvgIpc) is 2.44. The van der Waals surface area contributed by atoms with Crippen LogP contribution in [0.5, 0.6) is 0 Å². The monoisotopic (exact) mass is 331 g/mol. The molecule has 0 radical (unpaired) electrons. The van der Waals surface area contributed by atoms with Gasteiger partial charge in [0, 0.05) is 29.9 Å². The van der Waals surface area contributed by atoms with Crippen LogP contribution in [0.4, 0.5) is 4.39 Å². The van der Waals surface area contributed by atoms with Gasteiger partial charge in [0.25, 0.3) is 0 Å². The van der Waals surface area contributed by atoms with Crippen LogP contribution >= 0.6 is 23.4 Å². The molecule has 0 aliphatic rings. The number of thioether (sulfide) groups is 1. The summed E-state index contributed by atoms with van der Waals surface area (Å²) < 4.78 is 13.1.